The van der Waals surface area contributed by atoms with Gasteiger partial charge in [0.05, 0.1) is 0 Å². The Morgan fingerprint density at radius 2 is 1.31 bits per heavy atom. The Morgan fingerprint density at radius 3 is 1.94 bits per heavy atom. The minimum absolute atomic E-state index is 0.175. The van der Waals surface area contributed by atoms with E-state index < -0.39 is 11.3 Å². The minimum Gasteiger partial charge on any atom is -0.291 e. The molecule has 1 aliphatic carbocycles. The van der Waals surface area contributed by atoms with E-state index in [2.05, 4.69) is 15.5 Å². The summed E-state index contributed by atoms with van der Waals surface area (Å²) in [7, 11) is 0. The molecular formula is C27H19N3O2. The fraction of sp³-hybridized carbons (Fsp3) is 0.0370. The van der Waals surface area contributed by atoms with Crippen LogP contribution in [0.5, 0.6) is 0 Å². The van der Waals surface area contributed by atoms with Crippen LogP contribution in [0.2, 0.25) is 0 Å². The Balaban J connectivity index is 1.68. The minimum atomic E-state index is -1.04. The first-order valence-electron chi connectivity index (χ1n) is 10.3. The summed E-state index contributed by atoms with van der Waals surface area (Å²) in [4.78, 5) is 30.6. The second-order valence-electron chi connectivity index (χ2n) is 7.49. The molecule has 1 heterocycles. The van der Waals surface area contributed by atoms with E-state index in [-0.39, 0.29) is 11.5 Å². The molecular weight excluding hydrogens is 398 g/mol. The van der Waals surface area contributed by atoms with Gasteiger partial charge in [-0.2, -0.15) is 5.10 Å². The normalized spacial score (nSPS) is 15.4. The van der Waals surface area contributed by atoms with Crippen molar-refractivity contribution in [3.05, 3.63) is 137 Å². The van der Waals surface area contributed by atoms with E-state index in [1.165, 1.54) is 12.4 Å². The molecule has 0 fully saturated rings. The summed E-state index contributed by atoms with van der Waals surface area (Å²) < 4.78 is 0. The van der Waals surface area contributed by atoms with Gasteiger partial charge in [-0.1, -0.05) is 84.9 Å². The van der Waals surface area contributed by atoms with Crippen LogP contribution < -0.4 is 5.43 Å². The van der Waals surface area contributed by atoms with Gasteiger partial charge < -0.3 is 0 Å². The molecule has 0 unspecified atom stereocenters. The van der Waals surface area contributed by atoms with Gasteiger partial charge in [-0.25, -0.2) is 5.43 Å². The van der Waals surface area contributed by atoms with Crippen LogP contribution in [0.1, 0.15) is 32.6 Å². The molecule has 0 atom stereocenters. The third-order valence-electron chi connectivity index (χ3n) is 5.77. The second kappa shape index (κ2) is 8.04. The first-order chi connectivity index (χ1) is 15.7. The van der Waals surface area contributed by atoms with Crippen LogP contribution in [0, 0.1) is 0 Å². The molecule has 0 saturated heterocycles. The van der Waals surface area contributed by atoms with Gasteiger partial charge in [0, 0.05) is 23.5 Å². The number of aromatic nitrogens is 1. The van der Waals surface area contributed by atoms with Crippen molar-refractivity contribution in [2.45, 2.75) is 5.41 Å². The number of hydrazone groups is 1. The number of ketones is 1. The molecule has 0 bridgehead atoms. The van der Waals surface area contributed by atoms with E-state index in [0.29, 0.717) is 11.1 Å². The summed E-state index contributed by atoms with van der Waals surface area (Å²) in [5, 5.41) is 4.32. The Morgan fingerprint density at radius 1 is 0.750 bits per heavy atom. The number of carbonyl (C=O) groups excluding carboxylic acids is 2. The summed E-state index contributed by atoms with van der Waals surface area (Å²) in [6.07, 6.45) is 3.07. The molecule has 0 spiro atoms. The number of nitrogens with one attached hydrogen (secondary N) is 1. The lowest BCUT2D eigenvalue weighted by molar-refractivity contribution is -0.115. The molecule has 1 N–H and O–H groups in total. The van der Waals surface area contributed by atoms with Gasteiger partial charge in [0.1, 0.15) is 11.1 Å². The summed E-state index contributed by atoms with van der Waals surface area (Å²) >= 11 is 0. The van der Waals surface area contributed by atoms with E-state index in [4.69, 9.17) is 0 Å². The number of benzene rings is 3. The maximum Gasteiger partial charge on any atom is 0.271 e. The van der Waals surface area contributed by atoms with E-state index >= 15 is 0 Å². The molecule has 4 aromatic rings. The molecule has 154 valence electrons. The summed E-state index contributed by atoms with van der Waals surface area (Å²) in [6, 6.07) is 30.2. The van der Waals surface area contributed by atoms with Gasteiger partial charge in [-0.15, -0.1) is 0 Å². The van der Waals surface area contributed by atoms with E-state index in [9.17, 15) is 9.59 Å². The number of fused-ring (bicyclic) bond motifs is 1. The topological polar surface area (TPSA) is 71.4 Å². The lowest BCUT2D eigenvalue weighted by Crippen LogP contribution is -2.37. The zero-order chi connectivity index (χ0) is 22.0. The Hall–Kier alpha value is -4.38. The average molecular weight is 417 g/mol. The molecule has 1 aliphatic rings. The molecule has 5 heteroatoms. The monoisotopic (exact) mass is 417 g/mol. The van der Waals surface area contributed by atoms with Gasteiger partial charge in [0.25, 0.3) is 5.91 Å². The van der Waals surface area contributed by atoms with Gasteiger partial charge in [0.15, 0.2) is 0 Å². The summed E-state index contributed by atoms with van der Waals surface area (Å²) in [5.41, 5.74) is 5.43. The van der Waals surface area contributed by atoms with Crippen molar-refractivity contribution in [1.82, 2.24) is 10.4 Å². The molecule has 5 nitrogen and oxygen atoms in total. The van der Waals surface area contributed by atoms with E-state index in [1.807, 2.05) is 84.9 Å². The number of rotatable bonds is 4. The van der Waals surface area contributed by atoms with Crippen LogP contribution in [0.4, 0.5) is 0 Å². The first kappa shape index (κ1) is 19.6. The molecule has 1 amide bonds. The van der Waals surface area contributed by atoms with Crippen molar-refractivity contribution < 1.29 is 9.59 Å². The van der Waals surface area contributed by atoms with Crippen LogP contribution in [-0.2, 0) is 10.2 Å². The number of carbonyl (C=O) groups is 2. The van der Waals surface area contributed by atoms with E-state index in [0.717, 1.165) is 16.7 Å². The highest BCUT2D eigenvalue weighted by Gasteiger charge is 2.52. The highest BCUT2D eigenvalue weighted by molar-refractivity contribution is 6.54. The zero-order valence-electron chi connectivity index (χ0n) is 17.1. The van der Waals surface area contributed by atoms with Crippen molar-refractivity contribution in [1.29, 1.82) is 0 Å². The van der Waals surface area contributed by atoms with Crippen molar-refractivity contribution in [3.63, 3.8) is 0 Å². The highest BCUT2D eigenvalue weighted by atomic mass is 16.2. The number of Topliss-reactive ketones (excluding diaryl/α,β-unsaturated/α-hetero) is 1. The summed E-state index contributed by atoms with van der Waals surface area (Å²) in [6.45, 7) is 0. The van der Waals surface area contributed by atoms with Crippen molar-refractivity contribution >= 4 is 17.4 Å². The van der Waals surface area contributed by atoms with Gasteiger partial charge >= 0.3 is 0 Å². The zero-order valence-corrected chi connectivity index (χ0v) is 17.1. The molecule has 0 aliphatic heterocycles. The van der Waals surface area contributed by atoms with Crippen molar-refractivity contribution in [3.8, 4) is 0 Å². The number of pyridine rings is 1. The number of amides is 1. The predicted octanol–water partition coefficient (Wildman–Crippen LogP) is 4.13. The van der Waals surface area contributed by atoms with Gasteiger partial charge in [-0.3, -0.25) is 14.6 Å². The van der Waals surface area contributed by atoms with Crippen LogP contribution in [0.25, 0.3) is 0 Å². The van der Waals surface area contributed by atoms with Crippen molar-refractivity contribution in [2.75, 3.05) is 0 Å². The summed E-state index contributed by atoms with van der Waals surface area (Å²) in [5.74, 6) is -0.576. The maximum absolute atomic E-state index is 14.1. The lowest BCUT2D eigenvalue weighted by Gasteiger charge is -2.29. The Kier molecular flexibility index (Phi) is 4.92. The molecule has 5 rings (SSSR count). The Labute approximate surface area is 185 Å². The lowest BCUT2D eigenvalue weighted by atomic mass is 9.69. The third kappa shape index (κ3) is 3.03. The standard InChI is InChI=1S/C27H19N3O2/c31-25-24(29-30-26(32)19-15-17-28-18-16-19)22-13-7-8-14-23(22)27(25,20-9-3-1-4-10-20)21-11-5-2-6-12-21/h1-18H,(H,30,32)/b29-24-. The van der Waals surface area contributed by atoms with Crippen LogP contribution in [0.15, 0.2) is 115 Å². The number of hydrogen-bond acceptors (Lipinski definition) is 4. The molecule has 3 aromatic carbocycles. The maximum atomic E-state index is 14.1. The molecule has 1 aromatic heterocycles. The van der Waals surface area contributed by atoms with Crippen molar-refractivity contribution in [2.24, 2.45) is 5.10 Å². The molecule has 32 heavy (non-hydrogen) atoms. The number of nitrogens with zero attached hydrogens (tertiary/aromatic N) is 2. The fourth-order valence-electron chi connectivity index (χ4n) is 4.34. The Bertz CT molecular complexity index is 1280. The quantitative estimate of drug-likeness (QED) is 0.508. The highest BCUT2D eigenvalue weighted by Crippen LogP contribution is 2.46. The van der Waals surface area contributed by atoms with Crippen LogP contribution in [0.3, 0.4) is 0 Å². The third-order valence-corrected chi connectivity index (χ3v) is 5.77. The fourth-order valence-corrected chi connectivity index (χ4v) is 4.34. The average Bonchev–Trinajstić information content (AvgIpc) is 3.12. The smallest absolute Gasteiger partial charge is 0.271 e. The molecule has 0 saturated carbocycles. The van der Waals surface area contributed by atoms with Gasteiger partial charge in [0.2, 0.25) is 5.78 Å². The van der Waals surface area contributed by atoms with Crippen LogP contribution >= 0.6 is 0 Å². The number of hydrogen-bond donors (Lipinski definition) is 1. The van der Waals surface area contributed by atoms with Crippen LogP contribution in [-0.4, -0.2) is 22.4 Å². The molecule has 0 radical (unpaired) electrons. The largest absolute Gasteiger partial charge is 0.291 e. The first-order valence-corrected chi connectivity index (χ1v) is 10.3. The second-order valence-corrected chi connectivity index (χ2v) is 7.49. The SMILES string of the molecule is O=C(N/N=C1\C(=O)C(c2ccccc2)(c2ccccc2)c2ccccc21)c1ccncc1. The van der Waals surface area contributed by atoms with Gasteiger partial charge in [-0.05, 0) is 28.8 Å². The predicted molar refractivity (Wildman–Crippen MR) is 122 cm³/mol. The van der Waals surface area contributed by atoms with E-state index in [1.54, 1.807) is 12.1 Å².